The molecule has 2 rings (SSSR count). The highest BCUT2D eigenvalue weighted by atomic mass is 32.1. The molecule has 1 heterocycles. The fraction of sp³-hybridized carbons (Fsp3) is 0.400. The van der Waals surface area contributed by atoms with Gasteiger partial charge in [0.25, 0.3) is 0 Å². The van der Waals surface area contributed by atoms with Gasteiger partial charge in [0.2, 0.25) is 0 Å². The number of nitrogens with zero attached hydrogens (tertiary/aromatic N) is 1. The summed E-state index contributed by atoms with van der Waals surface area (Å²) in [4.78, 5) is 5.77. The summed E-state index contributed by atoms with van der Waals surface area (Å²) in [7, 11) is 1.64. The molecule has 0 aliphatic rings. The summed E-state index contributed by atoms with van der Waals surface area (Å²) in [5.41, 5.74) is 6.87. The molecule has 0 amide bonds. The highest BCUT2D eigenvalue weighted by Gasteiger charge is 2.10. The maximum absolute atomic E-state index is 5.79. The van der Waals surface area contributed by atoms with Crippen LogP contribution in [0.4, 0.5) is 0 Å². The van der Waals surface area contributed by atoms with Crippen molar-refractivity contribution in [3.05, 3.63) is 39.8 Å². The number of para-hydroxylation sites is 2. The van der Waals surface area contributed by atoms with E-state index in [9.17, 15) is 0 Å². The van der Waals surface area contributed by atoms with Crippen molar-refractivity contribution >= 4 is 11.3 Å². The molecule has 0 radical (unpaired) electrons. The van der Waals surface area contributed by atoms with Crippen molar-refractivity contribution in [3.63, 3.8) is 0 Å². The second-order valence-corrected chi connectivity index (χ2v) is 5.54. The van der Waals surface area contributed by atoms with Gasteiger partial charge in [-0.1, -0.05) is 25.5 Å². The molecule has 0 saturated carbocycles. The monoisotopic (exact) mass is 292 g/mol. The molecular formula is C15H20N2O2S. The maximum atomic E-state index is 5.79. The third-order valence-electron chi connectivity index (χ3n) is 2.91. The number of thiazole rings is 1. The predicted molar refractivity (Wildman–Crippen MR) is 81.3 cm³/mol. The van der Waals surface area contributed by atoms with E-state index in [1.54, 1.807) is 18.4 Å². The average Bonchev–Trinajstić information content (AvgIpc) is 2.88. The van der Waals surface area contributed by atoms with E-state index in [0.29, 0.717) is 13.2 Å². The van der Waals surface area contributed by atoms with Crippen LogP contribution in [0.2, 0.25) is 0 Å². The van der Waals surface area contributed by atoms with Crippen LogP contribution >= 0.6 is 11.3 Å². The Morgan fingerprint density at radius 1 is 1.25 bits per heavy atom. The third-order valence-corrected chi connectivity index (χ3v) is 4.01. The van der Waals surface area contributed by atoms with Crippen molar-refractivity contribution in [1.82, 2.24) is 4.98 Å². The van der Waals surface area contributed by atoms with Crippen LogP contribution in [0.25, 0.3) is 0 Å². The highest BCUT2D eigenvalue weighted by Crippen LogP contribution is 2.28. The summed E-state index contributed by atoms with van der Waals surface area (Å²) in [6, 6.07) is 7.61. The smallest absolute Gasteiger partial charge is 0.161 e. The first kappa shape index (κ1) is 14.8. The molecule has 2 N–H and O–H groups in total. The van der Waals surface area contributed by atoms with Gasteiger partial charge in [-0.25, -0.2) is 4.98 Å². The summed E-state index contributed by atoms with van der Waals surface area (Å²) in [5.74, 6) is 1.47. The molecule has 1 aromatic carbocycles. The van der Waals surface area contributed by atoms with Gasteiger partial charge in [-0.3, -0.25) is 0 Å². The summed E-state index contributed by atoms with van der Waals surface area (Å²) < 4.78 is 11.0. The first-order valence-corrected chi connectivity index (χ1v) is 7.53. The number of ether oxygens (including phenoxy) is 2. The van der Waals surface area contributed by atoms with Gasteiger partial charge in [0, 0.05) is 11.4 Å². The molecule has 0 spiro atoms. The molecule has 0 saturated heterocycles. The fourth-order valence-electron chi connectivity index (χ4n) is 1.97. The zero-order chi connectivity index (χ0) is 14.4. The Hall–Kier alpha value is -1.59. The average molecular weight is 292 g/mol. The zero-order valence-electron chi connectivity index (χ0n) is 11.9. The minimum absolute atomic E-state index is 0.446. The van der Waals surface area contributed by atoms with E-state index in [2.05, 4.69) is 11.9 Å². The summed E-state index contributed by atoms with van der Waals surface area (Å²) in [6.07, 6.45) is 2.04. The van der Waals surface area contributed by atoms with Crippen LogP contribution in [0.1, 0.15) is 28.9 Å². The summed E-state index contributed by atoms with van der Waals surface area (Å²) in [5, 5.41) is 0.958. The number of benzene rings is 1. The van der Waals surface area contributed by atoms with Gasteiger partial charge in [0.05, 0.1) is 12.8 Å². The minimum Gasteiger partial charge on any atom is -0.493 e. The van der Waals surface area contributed by atoms with Gasteiger partial charge < -0.3 is 15.2 Å². The number of hydrogen-bond acceptors (Lipinski definition) is 5. The number of aryl methyl sites for hydroxylation is 1. The molecule has 108 valence electrons. The molecule has 2 aromatic rings. The molecule has 4 nitrogen and oxygen atoms in total. The van der Waals surface area contributed by atoms with E-state index in [4.69, 9.17) is 15.2 Å². The molecule has 0 aliphatic heterocycles. The Kier molecular flexibility index (Phi) is 5.38. The molecule has 0 unspecified atom stereocenters. The van der Waals surface area contributed by atoms with Crippen molar-refractivity contribution in [2.45, 2.75) is 32.9 Å². The quantitative estimate of drug-likeness (QED) is 0.851. The lowest BCUT2D eigenvalue weighted by atomic mass is 10.2. The first-order valence-electron chi connectivity index (χ1n) is 6.71. The lowest BCUT2D eigenvalue weighted by molar-refractivity contribution is 0.284. The number of methoxy groups -OCH3 is 1. The largest absolute Gasteiger partial charge is 0.493 e. The lowest BCUT2D eigenvalue weighted by Gasteiger charge is -2.08. The Morgan fingerprint density at radius 3 is 2.65 bits per heavy atom. The van der Waals surface area contributed by atoms with Gasteiger partial charge in [-0.2, -0.15) is 0 Å². The molecule has 20 heavy (non-hydrogen) atoms. The van der Waals surface area contributed by atoms with Gasteiger partial charge in [-0.15, -0.1) is 11.3 Å². The van der Waals surface area contributed by atoms with Crippen LogP contribution in [-0.2, 0) is 19.6 Å². The molecule has 0 fully saturated rings. The van der Waals surface area contributed by atoms with E-state index in [1.165, 1.54) is 0 Å². The van der Waals surface area contributed by atoms with E-state index in [0.717, 1.165) is 39.9 Å². The number of rotatable bonds is 7. The van der Waals surface area contributed by atoms with Crippen LogP contribution in [0, 0.1) is 0 Å². The van der Waals surface area contributed by atoms with Gasteiger partial charge in [-0.05, 0) is 18.6 Å². The van der Waals surface area contributed by atoms with Gasteiger partial charge >= 0.3 is 0 Å². The summed E-state index contributed by atoms with van der Waals surface area (Å²) in [6.45, 7) is 3.13. The number of nitrogens with two attached hydrogens (primary N) is 1. The predicted octanol–water partition coefficient (Wildman–Crippen LogP) is 3.14. The van der Waals surface area contributed by atoms with Crippen molar-refractivity contribution in [3.8, 4) is 11.5 Å². The molecule has 5 heteroatoms. The van der Waals surface area contributed by atoms with Crippen LogP contribution in [0.3, 0.4) is 0 Å². The minimum atomic E-state index is 0.446. The third kappa shape index (κ3) is 3.49. The SMILES string of the molecule is CCCc1nc(COc2ccccc2OC)sc1CN. The Balaban J connectivity index is 2.07. The van der Waals surface area contributed by atoms with E-state index < -0.39 is 0 Å². The Bertz CT molecular complexity index is 555. The van der Waals surface area contributed by atoms with Gasteiger partial charge in [0.1, 0.15) is 11.6 Å². The summed E-state index contributed by atoms with van der Waals surface area (Å²) >= 11 is 1.63. The molecule has 1 aromatic heterocycles. The lowest BCUT2D eigenvalue weighted by Crippen LogP contribution is -1.98. The van der Waals surface area contributed by atoms with Crippen molar-refractivity contribution in [2.75, 3.05) is 7.11 Å². The van der Waals surface area contributed by atoms with E-state index in [1.807, 2.05) is 24.3 Å². The number of hydrogen-bond donors (Lipinski definition) is 1. The zero-order valence-corrected chi connectivity index (χ0v) is 12.7. The number of aromatic nitrogens is 1. The molecular weight excluding hydrogens is 272 g/mol. The van der Waals surface area contributed by atoms with Crippen molar-refractivity contribution < 1.29 is 9.47 Å². The second-order valence-electron chi connectivity index (χ2n) is 4.37. The molecule has 0 atom stereocenters. The molecule has 0 aliphatic carbocycles. The van der Waals surface area contributed by atoms with Gasteiger partial charge in [0.15, 0.2) is 11.5 Å². The standard InChI is InChI=1S/C15H20N2O2S/c1-3-6-11-14(9-16)20-15(17-11)10-19-13-8-5-4-7-12(13)18-2/h4-5,7-8H,3,6,9-10,16H2,1-2H3. The fourth-order valence-corrected chi connectivity index (χ4v) is 2.87. The van der Waals surface area contributed by atoms with E-state index >= 15 is 0 Å². The topological polar surface area (TPSA) is 57.4 Å². The highest BCUT2D eigenvalue weighted by molar-refractivity contribution is 7.11. The first-order chi connectivity index (χ1) is 9.78. The van der Waals surface area contributed by atoms with Crippen molar-refractivity contribution in [2.24, 2.45) is 5.73 Å². The van der Waals surface area contributed by atoms with Crippen LogP contribution in [-0.4, -0.2) is 12.1 Å². The van der Waals surface area contributed by atoms with Crippen LogP contribution in [0.5, 0.6) is 11.5 Å². The Morgan fingerprint density at radius 2 is 2.00 bits per heavy atom. The van der Waals surface area contributed by atoms with E-state index in [-0.39, 0.29) is 0 Å². The van der Waals surface area contributed by atoms with Crippen molar-refractivity contribution in [1.29, 1.82) is 0 Å². The van der Waals surface area contributed by atoms with Crippen LogP contribution in [0.15, 0.2) is 24.3 Å². The Labute approximate surface area is 123 Å². The maximum Gasteiger partial charge on any atom is 0.161 e. The van der Waals surface area contributed by atoms with Crippen LogP contribution < -0.4 is 15.2 Å². The normalized spacial score (nSPS) is 10.6. The second kappa shape index (κ2) is 7.26. The molecule has 0 bridgehead atoms.